The van der Waals surface area contributed by atoms with Crippen LogP contribution in [0, 0.1) is 11.8 Å². The maximum atomic E-state index is 12.9. The van der Waals surface area contributed by atoms with Crippen LogP contribution >= 0.6 is 0 Å². The first kappa shape index (κ1) is 21.9. The van der Waals surface area contributed by atoms with Crippen LogP contribution in [-0.2, 0) is 6.54 Å². The number of fused-ring (bicyclic) bond motifs is 1. The second kappa shape index (κ2) is 9.35. The van der Waals surface area contributed by atoms with Gasteiger partial charge in [-0.05, 0) is 29.8 Å². The van der Waals surface area contributed by atoms with Crippen LogP contribution in [0.25, 0.3) is 6.08 Å². The average molecular weight is 410 g/mol. The predicted molar refractivity (Wildman–Crippen MR) is 116 cm³/mol. The number of carbonyl (C=O) groups excluding carboxylic acids is 1. The molecule has 5 nitrogen and oxygen atoms in total. The molecule has 0 amide bonds. The molecule has 1 N–H and O–H groups in total. The maximum absolute atomic E-state index is 12.9. The third-order valence-corrected chi connectivity index (χ3v) is 5.11. The van der Waals surface area contributed by atoms with E-state index in [1.807, 2.05) is 24.3 Å². The summed E-state index contributed by atoms with van der Waals surface area (Å²) in [5, 5.41) is 12.7. The van der Waals surface area contributed by atoms with Gasteiger partial charge in [0.1, 0.15) is 18.0 Å². The molecule has 0 spiro atoms. The highest BCUT2D eigenvalue weighted by Gasteiger charge is 2.31. The Balaban J connectivity index is 1.92. The Kier molecular flexibility index (Phi) is 6.83. The minimum atomic E-state index is -0.191. The maximum Gasteiger partial charge on any atom is 0.231 e. The largest absolute Gasteiger partial charge is 0.872 e. The van der Waals surface area contributed by atoms with E-state index in [9.17, 15) is 9.90 Å². The Morgan fingerprint density at radius 2 is 1.80 bits per heavy atom. The molecule has 2 aromatic rings. The van der Waals surface area contributed by atoms with Crippen LogP contribution in [-0.4, -0.2) is 26.0 Å². The van der Waals surface area contributed by atoms with Gasteiger partial charge in [0, 0.05) is 17.4 Å². The molecule has 0 aliphatic carbocycles. The Bertz CT molecular complexity index is 936. The molecule has 0 atom stereocenters. The smallest absolute Gasteiger partial charge is 0.231 e. The molecule has 5 heteroatoms. The quantitative estimate of drug-likeness (QED) is 0.681. The summed E-state index contributed by atoms with van der Waals surface area (Å²) in [6, 6.07) is 10.5. The van der Waals surface area contributed by atoms with Crippen molar-refractivity contribution in [2.24, 2.45) is 11.8 Å². The normalized spacial score (nSPS) is 14.7. The van der Waals surface area contributed by atoms with Gasteiger partial charge in [-0.15, -0.1) is 0 Å². The minimum Gasteiger partial charge on any atom is -0.872 e. The van der Waals surface area contributed by atoms with Gasteiger partial charge in [-0.3, -0.25) is 4.79 Å². The molecule has 160 valence electrons. The number of rotatable bonds is 8. The number of Topliss-reactive ketones (excluding diaryl/α,β-unsaturated/α-hetero) is 1. The van der Waals surface area contributed by atoms with Crippen molar-refractivity contribution in [1.82, 2.24) is 0 Å². The number of allylic oxidation sites excluding steroid dienone is 1. The van der Waals surface area contributed by atoms with Crippen LogP contribution in [0.2, 0.25) is 0 Å². The first-order chi connectivity index (χ1) is 14.3. The number of benzene rings is 2. The summed E-state index contributed by atoms with van der Waals surface area (Å²) >= 11 is 0. The number of hydrogen-bond donors (Lipinski definition) is 1. The van der Waals surface area contributed by atoms with Crippen molar-refractivity contribution in [1.29, 1.82) is 0 Å². The van der Waals surface area contributed by atoms with Crippen molar-refractivity contribution in [2.45, 2.75) is 34.2 Å². The molecule has 2 aromatic carbocycles. The third-order valence-electron chi connectivity index (χ3n) is 5.11. The summed E-state index contributed by atoms with van der Waals surface area (Å²) in [4.78, 5) is 14.3. The van der Waals surface area contributed by atoms with Crippen LogP contribution in [0.3, 0.4) is 0 Å². The summed E-state index contributed by atoms with van der Waals surface area (Å²) in [6.07, 6.45) is 1.70. The van der Waals surface area contributed by atoms with Crippen molar-refractivity contribution >= 4 is 11.9 Å². The van der Waals surface area contributed by atoms with Gasteiger partial charge < -0.3 is 19.5 Å². The molecule has 0 radical (unpaired) electrons. The lowest BCUT2D eigenvalue weighted by Crippen LogP contribution is -3.11. The van der Waals surface area contributed by atoms with Crippen molar-refractivity contribution < 1.29 is 24.3 Å². The fraction of sp³-hybridized carbons (Fsp3) is 0.400. The predicted octanol–water partition coefficient (Wildman–Crippen LogP) is 3.08. The summed E-state index contributed by atoms with van der Waals surface area (Å²) in [6.45, 7) is 11.2. The molecule has 1 aliphatic heterocycles. The number of quaternary nitrogens is 1. The standard InChI is InChI=1S/C25H31NO4/c1-16(2)13-26(14-17(3)4)15-21-22(27)10-9-20-24(28)23(30-25(20)21)12-18-7-6-8-19(11-18)29-5/h6-12,16-17,27H,13-15H2,1-5H3. The first-order valence-electron chi connectivity index (χ1n) is 10.5. The molecule has 0 bridgehead atoms. The topological polar surface area (TPSA) is 63.0 Å². The van der Waals surface area contributed by atoms with Crippen molar-refractivity contribution in [3.8, 4) is 17.2 Å². The lowest BCUT2D eigenvalue weighted by molar-refractivity contribution is -0.919. The molecule has 1 heterocycles. The van der Waals surface area contributed by atoms with Gasteiger partial charge in [0.2, 0.25) is 5.78 Å². The van der Waals surface area contributed by atoms with Crippen molar-refractivity contribution in [2.75, 3.05) is 20.2 Å². The van der Waals surface area contributed by atoms with Gasteiger partial charge in [-0.25, -0.2) is 0 Å². The SMILES string of the molecule is COc1cccc(C=C2Oc3c(ccc([O-])c3C[NH+](CC(C)C)CC(C)C)C2=O)c1. The van der Waals surface area contributed by atoms with E-state index < -0.39 is 0 Å². The number of methoxy groups -OCH3 is 1. The van der Waals surface area contributed by atoms with Crippen molar-refractivity contribution in [3.05, 3.63) is 58.8 Å². The highest BCUT2D eigenvalue weighted by Crippen LogP contribution is 2.38. The number of hydrogen-bond acceptors (Lipinski definition) is 4. The Hall–Kier alpha value is -2.79. The number of ketones is 1. The van der Waals surface area contributed by atoms with E-state index in [4.69, 9.17) is 9.47 Å². The molecule has 3 rings (SSSR count). The van der Waals surface area contributed by atoms with E-state index in [1.54, 1.807) is 19.3 Å². The van der Waals surface area contributed by atoms with E-state index in [-0.39, 0.29) is 17.3 Å². The van der Waals surface area contributed by atoms with Gasteiger partial charge in [0.15, 0.2) is 5.76 Å². The monoisotopic (exact) mass is 409 g/mol. The summed E-state index contributed by atoms with van der Waals surface area (Å²) < 4.78 is 11.2. The Morgan fingerprint density at radius 3 is 2.43 bits per heavy atom. The molecule has 0 saturated carbocycles. The molecule has 0 fully saturated rings. The fourth-order valence-electron chi connectivity index (χ4n) is 3.97. The molecule has 0 saturated heterocycles. The van der Waals surface area contributed by atoms with Gasteiger partial charge in [0.25, 0.3) is 0 Å². The second-order valence-corrected chi connectivity index (χ2v) is 8.76. The Labute approximate surface area is 178 Å². The van der Waals surface area contributed by atoms with Crippen LogP contribution in [0.15, 0.2) is 42.2 Å². The highest BCUT2D eigenvalue weighted by molar-refractivity contribution is 6.14. The summed E-state index contributed by atoms with van der Waals surface area (Å²) in [7, 11) is 1.60. The summed E-state index contributed by atoms with van der Waals surface area (Å²) in [5.41, 5.74) is 1.86. The zero-order valence-corrected chi connectivity index (χ0v) is 18.5. The van der Waals surface area contributed by atoms with Gasteiger partial charge in [-0.1, -0.05) is 51.6 Å². The second-order valence-electron chi connectivity index (χ2n) is 8.76. The molecule has 30 heavy (non-hydrogen) atoms. The van der Waals surface area contributed by atoms with E-state index in [0.717, 1.165) is 18.7 Å². The Morgan fingerprint density at radius 1 is 1.10 bits per heavy atom. The third kappa shape index (κ3) is 5.03. The van der Waals surface area contributed by atoms with Crippen molar-refractivity contribution in [3.63, 3.8) is 0 Å². The van der Waals surface area contributed by atoms with Crippen LogP contribution in [0.5, 0.6) is 17.2 Å². The zero-order chi connectivity index (χ0) is 21.8. The summed E-state index contributed by atoms with van der Waals surface area (Å²) in [5.74, 6) is 2.12. The number of nitrogens with one attached hydrogen (secondary N) is 1. The zero-order valence-electron chi connectivity index (χ0n) is 18.5. The van der Waals surface area contributed by atoms with Crippen LogP contribution in [0.4, 0.5) is 0 Å². The minimum absolute atomic E-state index is 0.0748. The molecule has 1 aliphatic rings. The first-order valence-corrected chi connectivity index (χ1v) is 10.5. The van der Waals surface area contributed by atoms with E-state index >= 15 is 0 Å². The fourth-order valence-corrected chi connectivity index (χ4v) is 3.97. The molecule has 0 unspecified atom stereocenters. The number of carbonyl (C=O) groups is 1. The van der Waals surface area contributed by atoms with Gasteiger partial charge in [-0.2, -0.15) is 0 Å². The molecular formula is C25H31NO4. The van der Waals surface area contributed by atoms with Gasteiger partial charge in [0.05, 0.1) is 25.8 Å². The van der Waals surface area contributed by atoms with Crippen LogP contribution < -0.4 is 19.5 Å². The van der Waals surface area contributed by atoms with E-state index in [0.29, 0.717) is 41.0 Å². The lowest BCUT2D eigenvalue weighted by Gasteiger charge is -2.26. The lowest BCUT2D eigenvalue weighted by atomic mass is 10.0. The van der Waals surface area contributed by atoms with E-state index in [1.165, 1.54) is 11.0 Å². The molecular weight excluding hydrogens is 378 g/mol. The number of ether oxygens (including phenoxy) is 2. The highest BCUT2D eigenvalue weighted by atomic mass is 16.5. The average Bonchev–Trinajstić information content (AvgIpc) is 2.99. The van der Waals surface area contributed by atoms with Crippen LogP contribution in [0.1, 0.15) is 49.2 Å². The van der Waals surface area contributed by atoms with E-state index in [2.05, 4.69) is 27.7 Å². The molecule has 0 aromatic heterocycles. The van der Waals surface area contributed by atoms with Gasteiger partial charge >= 0.3 is 0 Å².